The van der Waals surface area contributed by atoms with Crippen molar-refractivity contribution in [1.29, 1.82) is 0 Å². The Balaban J connectivity index is 2.29. The van der Waals surface area contributed by atoms with E-state index in [1.165, 1.54) is 55.5 Å². The topological polar surface area (TPSA) is 287 Å². The molecule has 2 rings (SSSR count). The molecule has 51 heavy (non-hydrogen) atoms. The molecule has 0 spiro atoms. The Labute approximate surface area is 294 Å². The summed E-state index contributed by atoms with van der Waals surface area (Å²) in [6.07, 6.45) is -0.311. The maximum atomic E-state index is 13.8. The largest absolute Gasteiger partial charge is 0.508 e. The predicted octanol–water partition coefficient (Wildman–Crippen LogP) is -0.719. The Bertz CT molecular complexity index is 1530. The summed E-state index contributed by atoms with van der Waals surface area (Å²) in [6.45, 7) is 4.11. The molecule has 0 heterocycles. The normalized spacial score (nSPS) is 14.4. The molecule has 17 heteroatoms. The molecule has 2 aromatic carbocycles. The molecule has 278 valence electrons. The lowest BCUT2D eigenvalue weighted by Crippen LogP contribution is -2.60. The molecule has 2 aromatic rings. The minimum atomic E-state index is -1.30. The van der Waals surface area contributed by atoms with E-state index in [4.69, 9.17) is 10.8 Å². The minimum Gasteiger partial charge on any atom is -0.508 e. The summed E-state index contributed by atoms with van der Waals surface area (Å²) in [5.74, 6) is -6.95. The maximum Gasteiger partial charge on any atom is 0.325 e. The third kappa shape index (κ3) is 14.4. The second-order valence-electron chi connectivity index (χ2n) is 12.1. The van der Waals surface area contributed by atoms with Gasteiger partial charge in [-0.3, -0.25) is 33.6 Å². The number of amides is 5. The van der Waals surface area contributed by atoms with E-state index in [1.807, 2.05) is 0 Å². The first kappa shape index (κ1) is 41.5. The fraction of sp³-hybridized carbons (Fsp3) is 0.441. The van der Waals surface area contributed by atoms with Crippen LogP contribution in [0.5, 0.6) is 11.5 Å². The van der Waals surface area contributed by atoms with Crippen LogP contribution >= 0.6 is 0 Å². The van der Waals surface area contributed by atoms with E-state index in [0.29, 0.717) is 17.5 Å². The zero-order valence-corrected chi connectivity index (χ0v) is 28.5. The van der Waals surface area contributed by atoms with Crippen molar-refractivity contribution < 1.29 is 54.0 Å². The Morgan fingerprint density at radius 1 is 0.686 bits per heavy atom. The van der Waals surface area contributed by atoms with Gasteiger partial charge in [0.05, 0.1) is 12.6 Å². The standard InChI is InChI=1S/C34H46N6O11/c1-4-18(2)29(33(49)39-26(31(47)37-19(3)34(50)51)16-21-7-11-23(42)12-8-21)40-32(48)25(15-20-5-9-22(41)10-6-20)38-27(43)17-36-30(46)24(35)13-14-28(44)45/h5-12,18-19,24-26,29,41-42H,4,13-17,35H2,1-3H3,(H,36,46)(H,37,47)(H,38,43)(H,39,49)(H,40,48)(H,44,45)(H,50,51). The van der Waals surface area contributed by atoms with Crippen LogP contribution in [0.4, 0.5) is 0 Å². The maximum absolute atomic E-state index is 13.8. The summed E-state index contributed by atoms with van der Waals surface area (Å²) < 4.78 is 0. The van der Waals surface area contributed by atoms with E-state index in [2.05, 4.69) is 26.6 Å². The third-order valence-corrected chi connectivity index (χ3v) is 7.99. The Morgan fingerprint density at radius 3 is 1.65 bits per heavy atom. The number of aromatic hydroxyl groups is 2. The number of carboxylic acids is 2. The highest BCUT2D eigenvalue weighted by atomic mass is 16.4. The van der Waals surface area contributed by atoms with Gasteiger partial charge in [0.25, 0.3) is 0 Å². The first-order valence-corrected chi connectivity index (χ1v) is 16.2. The molecule has 0 aliphatic carbocycles. The Hall–Kier alpha value is -5.71. The number of carboxylic acid groups (broad SMARTS) is 2. The van der Waals surface area contributed by atoms with Crippen LogP contribution < -0.4 is 32.3 Å². The second kappa shape index (κ2) is 20.1. The molecule has 5 amide bonds. The van der Waals surface area contributed by atoms with Crippen molar-refractivity contribution in [3.05, 3.63) is 59.7 Å². The number of phenols is 2. The number of nitrogens with two attached hydrogens (primary N) is 1. The van der Waals surface area contributed by atoms with Gasteiger partial charge in [0.2, 0.25) is 29.5 Å². The van der Waals surface area contributed by atoms with E-state index < -0.39 is 84.1 Å². The van der Waals surface area contributed by atoms with E-state index in [0.717, 1.165) is 0 Å². The van der Waals surface area contributed by atoms with E-state index in [-0.39, 0.29) is 37.2 Å². The van der Waals surface area contributed by atoms with Gasteiger partial charge in [-0.1, -0.05) is 44.5 Å². The van der Waals surface area contributed by atoms with E-state index >= 15 is 0 Å². The second-order valence-corrected chi connectivity index (χ2v) is 12.1. The average molecular weight is 715 g/mol. The fourth-order valence-electron chi connectivity index (χ4n) is 4.70. The summed E-state index contributed by atoms with van der Waals surface area (Å²) in [7, 11) is 0. The number of hydrogen-bond donors (Lipinski definition) is 10. The van der Waals surface area contributed by atoms with Gasteiger partial charge in [-0.05, 0) is 54.7 Å². The molecule has 6 atom stereocenters. The lowest BCUT2D eigenvalue weighted by atomic mass is 9.96. The molecule has 0 radical (unpaired) electrons. The molecule has 0 fully saturated rings. The number of benzene rings is 2. The summed E-state index contributed by atoms with van der Waals surface area (Å²) >= 11 is 0. The molecule has 0 saturated carbocycles. The number of carbonyl (C=O) groups excluding carboxylic acids is 5. The zero-order valence-electron chi connectivity index (χ0n) is 28.5. The van der Waals surface area contributed by atoms with E-state index in [1.54, 1.807) is 13.8 Å². The quantitative estimate of drug-likeness (QED) is 0.0814. The van der Waals surface area contributed by atoms with Gasteiger partial charge in [0.15, 0.2) is 0 Å². The predicted molar refractivity (Wildman–Crippen MR) is 182 cm³/mol. The minimum absolute atomic E-state index is 0.0292. The number of nitrogens with one attached hydrogen (secondary N) is 5. The molecule has 0 saturated heterocycles. The van der Waals surface area contributed by atoms with Gasteiger partial charge in [-0.25, -0.2) is 0 Å². The van der Waals surface area contributed by atoms with Crippen molar-refractivity contribution in [2.75, 3.05) is 6.54 Å². The average Bonchev–Trinajstić information content (AvgIpc) is 3.08. The first-order valence-electron chi connectivity index (χ1n) is 16.2. The van der Waals surface area contributed by atoms with Gasteiger partial charge in [0, 0.05) is 19.3 Å². The molecule has 0 aliphatic rings. The number of rotatable bonds is 20. The summed E-state index contributed by atoms with van der Waals surface area (Å²) in [4.78, 5) is 88.0. The number of hydrogen-bond acceptors (Lipinski definition) is 10. The Kier molecular flexibility index (Phi) is 16.3. The van der Waals surface area contributed by atoms with Crippen molar-refractivity contribution in [2.24, 2.45) is 11.7 Å². The number of phenolic OH excluding ortho intramolecular Hbond substituents is 2. The van der Waals surface area contributed by atoms with Crippen LogP contribution in [0.1, 0.15) is 51.2 Å². The molecular weight excluding hydrogens is 668 g/mol. The molecule has 0 aromatic heterocycles. The third-order valence-electron chi connectivity index (χ3n) is 7.99. The van der Waals surface area contributed by atoms with Crippen molar-refractivity contribution in [2.45, 2.75) is 83.1 Å². The summed E-state index contributed by atoms with van der Waals surface area (Å²) in [5, 5.41) is 49.9. The van der Waals surface area contributed by atoms with Gasteiger partial charge in [-0.15, -0.1) is 0 Å². The molecular formula is C34H46N6O11. The fourth-order valence-corrected chi connectivity index (χ4v) is 4.70. The Morgan fingerprint density at radius 2 is 1.18 bits per heavy atom. The highest BCUT2D eigenvalue weighted by molar-refractivity contribution is 5.96. The van der Waals surface area contributed by atoms with Gasteiger partial charge < -0.3 is 52.7 Å². The molecule has 11 N–H and O–H groups in total. The lowest BCUT2D eigenvalue weighted by molar-refractivity contribution is -0.142. The summed E-state index contributed by atoms with van der Waals surface area (Å²) in [5.41, 5.74) is 6.75. The van der Waals surface area contributed by atoms with Crippen molar-refractivity contribution in [1.82, 2.24) is 26.6 Å². The number of carbonyl (C=O) groups is 7. The van der Waals surface area contributed by atoms with Crippen LogP contribution in [0, 0.1) is 5.92 Å². The van der Waals surface area contributed by atoms with Crippen molar-refractivity contribution in [3.63, 3.8) is 0 Å². The van der Waals surface area contributed by atoms with Crippen LogP contribution in [-0.4, -0.2) is 98.7 Å². The van der Waals surface area contributed by atoms with Gasteiger partial charge in [0.1, 0.15) is 35.7 Å². The van der Waals surface area contributed by atoms with Crippen LogP contribution in [0.25, 0.3) is 0 Å². The van der Waals surface area contributed by atoms with Gasteiger partial charge in [-0.2, -0.15) is 0 Å². The monoisotopic (exact) mass is 714 g/mol. The SMILES string of the molecule is CCC(C)C(NC(=O)C(Cc1ccc(O)cc1)NC(=O)CNC(=O)C(N)CCC(=O)O)C(=O)NC(Cc1ccc(O)cc1)C(=O)NC(C)C(=O)O. The van der Waals surface area contributed by atoms with Crippen molar-refractivity contribution in [3.8, 4) is 11.5 Å². The smallest absolute Gasteiger partial charge is 0.325 e. The first-order chi connectivity index (χ1) is 24.0. The van der Waals surface area contributed by atoms with Crippen LogP contribution in [0.15, 0.2) is 48.5 Å². The van der Waals surface area contributed by atoms with E-state index in [9.17, 15) is 48.9 Å². The molecule has 17 nitrogen and oxygen atoms in total. The zero-order chi connectivity index (χ0) is 38.2. The van der Waals surface area contributed by atoms with Crippen molar-refractivity contribution >= 4 is 41.5 Å². The van der Waals surface area contributed by atoms with Gasteiger partial charge >= 0.3 is 11.9 Å². The van der Waals surface area contributed by atoms with Crippen LogP contribution in [0.3, 0.4) is 0 Å². The highest BCUT2D eigenvalue weighted by Crippen LogP contribution is 2.15. The number of aliphatic carboxylic acids is 2. The summed E-state index contributed by atoms with van der Waals surface area (Å²) in [6, 6.07) is 5.34. The lowest BCUT2D eigenvalue weighted by Gasteiger charge is -2.29. The van der Waals surface area contributed by atoms with Crippen LogP contribution in [0.2, 0.25) is 0 Å². The molecule has 6 unspecified atom stereocenters. The van der Waals surface area contributed by atoms with Crippen LogP contribution in [-0.2, 0) is 46.4 Å². The molecule has 0 bridgehead atoms. The highest BCUT2D eigenvalue weighted by Gasteiger charge is 2.33. The molecule has 0 aliphatic heterocycles.